The van der Waals surface area contributed by atoms with E-state index in [1.165, 1.54) is 18.5 Å². The zero-order valence-electron chi connectivity index (χ0n) is 13.3. The standard InChI is InChI=1S/C17H26N4/c1-4-13(18)12-14-16(21-11-7-9-17(21,2)3)19-15-8-5-6-10-20(14)15/h5-6,8,10,13H,4,7,9,11-12,18H2,1-3H3. The van der Waals surface area contributed by atoms with Crippen molar-refractivity contribution in [2.24, 2.45) is 5.73 Å². The molecule has 1 saturated heterocycles. The number of rotatable bonds is 4. The highest BCUT2D eigenvalue weighted by Gasteiger charge is 2.35. The van der Waals surface area contributed by atoms with Crippen molar-refractivity contribution < 1.29 is 0 Å². The van der Waals surface area contributed by atoms with Crippen LogP contribution in [0.2, 0.25) is 0 Å². The van der Waals surface area contributed by atoms with E-state index in [-0.39, 0.29) is 11.6 Å². The summed E-state index contributed by atoms with van der Waals surface area (Å²) in [5.74, 6) is 1.13. The molecule has 0 radical (unpaired) electrons. The third-order valence-corrected chi connectivity index (χ3v) is 4.74. The third kappa shape index (κ3) is 2.53. The van der Waals surface area contributed by atoms with Gasteiger partial charge in [0.25, 0.3) is 0 Å². The van der Waals surface area contributed by atoms with Crippen molar-refractivity contribution in [1.29, 1.82) is 0 Å². The zero-order valence-corrected chi connectivity index (χ0v) is 13.3. The van der Waals surface area contributed by atoms with Crippen LogP contribution in [-0.4, -0.2) is 27.5 Å². The summed E-state index contributed by atoms with van der Waals surface area (Å²) >= 11 is 0. The van der Waals surface area contributed by atoms with Gasteiger partial charge in [0.05, 0.1) is 5.69 Å². The quantitative estimate of drug-likeness (QED) is 0.940. The van der Waals surface area contributed by atoms with Gasteiger partial charge in [0.1, 0.15) is 5.65 Å². The Bertz CT molecular complexity index is 629. The van der Waals surface area contributed by atoms with Crippen LogP contribution < -0.4 is 10.6 Å². The van der Waals surface area contributed by atoms with Gasteiger partial charge in [0.15, 0.2) is 5.82 Å². The Labute approximate surface area is 127 Å². The van der Waals surface area contributed by atoms with Crippen LogP contribution in [0.25, 0.3) is 5.65 Å². The molecule has 0 spiro atoms. The Kier molecular flexibility index (Phi) is 3.66. The van der Waals surface area contributed by atoms with Gasteiger partial charge >= 0.3 is 0 Å². The molecule has 21 heavy (non-hydrogen) atoms. The average Bonchev–Trinajstić information content (AvgIpc) is 2.99. The van der Waals surface area contributed by atoms with Crippen molar-refractivity contribution in [2.45, 2.75) is 58.0 Å². The molecule has 2 N–H and O–H groups in total. The third-order valence-electron chi connectivity index (χ3n) is 4.74. The van der Waals surface area contributed by atoms with Gasteiger partial charge in [-0.05, 0) is 45.2 Å². The van der Waals surface area contributed by atoms with Crippen molar-refractivity contribution in [2.75, 3.05) is 11.4 Å². The van der Waals surface area contributed by atoms with Gasteiger partial charge in [0.2, 0.25) is 0 Å². The minimum absolute atomic E-state index is 0.184. The van der Waals surface area contributed by atoms with E-state index in [9.17, 15) is 0 Å². The molecule has 0 aliphatic carbocycles. The van der Waals surface area contributed by atoms with Crippen LogP contribution in [0.1, 0.15) is 45.7 Å². The number of nitrogens with zero attached hydrogens (tertiary/aromatic N) is 3. The highest BCUT2D eigenvalue weighted by Crippen LogP contribution is 2.35. The van der Waals surface area contributed by atoms with Gasteiger partial charge in [-0.25, -0.2) is 4.98 Å². The van der Waals surface area contributed by atoms with Crippen LogP contribution in [0.3, 0.4) is 0 Å². The Morgan fingerprint density at radius 1 is 1.38 bits per heavy atom. The van der Waals surface area contributed by atoms with E-state index in [4.69, 9.17) is 10.7 Å². The molecule has 4 heteroatoms. The summed E-state index contributed by atoms with van der Waals surface area (Å²) < 4.78 is 2.21. The summed E-state index contributed by atoms with van der Waals surface area (Å²) in [4.78, 5) is 7.38. The first kappa shape index (κ1) is 14.4. The predicted molar refractivity (Wildman–Crippen MR) is 87.8 cm³/mol. The van der Waals surface area contributed by atoms with E-state index in [0.29, 0.717) is 0 Å². The first-order valence-corrected chi connectivity index (χ1v) is 8.02. The van der Waals surface area contributed by atoms with E-state index in [0.717, 1.165) is 30.9 Å². The smallest absolute Gasteiger partial charge is 0.151 e. The SMILES string of the molecule is CCC(N)Cc1c(N2CCCC2(C)C)nc2ccccn12. The summed E-state index contributed by atoms with van der Waals surface area (Å²) in [5.41, 5.74) is 8.70. The molecule has 2 aromatic heterocycles. The summed E-state index contributed by atoms with van der Waals surface area (Å²) in [6.07, 6.45) is 6.43. The van der Waals surface area contributed by atoms with Gasteiger partial charge in [-0.15, -0.1) is 0 Å². The lowest BCUT2D eigenvalue weighted by Crippen LogP contribution is -2.39. The molecule has 1 fully saturated rings. The summed E-state index contributed by atoms with van der Waals surface area (Å²) in [7, 11) is 0. The molecular weight excluding hydrogens is 260 g/mol. The van der Waals surface area contributed by atoms with Crippen LogP contribution in [-0.2, 0) is 6.42 Å². The van der Waals surface area contributed by atoms with Crippen LogP contribution in [0.4, 0.5) is 5.82 Å². The highest BCUT2D eigenvalue weighted by molar-refractivity contribution is 5.58. The maximum absolute atomic E-state index is 6.23. The molecule has 114 valence electrons. The largest absolute Gasteiger partial charge is 0.350 e. The van der Waals surface area contributed by atoms with Crippen LogP contribution in [0.5, 0.6) is 0 Å². The number of pyridine rings is 1. The number of nitrogens with two attached hydrogens (primary N) is 1. The highest BCUT2D eigenvalue weighted by atomic mass is 15.3. The van der Waals surface area contributed by atoms with Crippen molar-refractivity contribution in [1.82, 2.24) is 9.38 Å². The fraction of sp³-hybridized carbons (Fsp3) is 0.588. The number of anilines is 1. The van der Waals surface area contributed by atoms with E-state index in [1.54, 1.807) is 0 Å². The van der Waals surface area contributed by atoms with Crippen molar-refractivity contribution in [3.05, 3.63) is 30.1 Å². The number of hydrogen-bond donors (Lipinski definition) is 1. The summed E-state index contributed by atoms with van der Waals surface area (Å²) in [6.45, 7) is 7.86. The second kappa shape index (κ2) is 5.34. The van der Waals surface area contributed by atoms with E-state index >= 15 is 0 Å². The Balaban J connectivity index is 2.10. The zero-order chi connectivity index (χ0) is 15.0. The topological polar surface area (TPSA) is 46.6 Å². The van der Waals surface area contributed by atoms with E-state index in [1.807, 2.05) is 6.07 Å². The van der Waals surface area contributed by atoms with Gasteiger partial charge < -0.3 is 15.0 Å². The molecule has 2 aromatic rings. The molecule has 1 unspecified atom stereocenters. The molecule has 0 aromatic carbocycles. The predicted octanol–water partition coefficient (Wildman–Crippen LogP) is 2.99. The Morgan fingerprint density at radius 2 is 2.19 bits per heavy atom. The lowest BCUT2D eigenvalue weighted by Gasteiger charge is -2.33. The molecule has 1 aliphatic heterocycles. The van der Waals surface area contributed by atoms with Crippen LogP contribution in [0.15, 0.2) is 24.4 Å². The van der Waals surface area contributed by atoms with Crippen molar-refractivity contribution in [3.63, 3.8) is 0 Å². The van der Waals surface area contributed by atoms with Gasteiger partial charge in [0, 0.05) is 30.7 Å². The Hall–Kier alpha value is -1.55. The fourth-order valence-electron chi connectivity index (χ4n) is 3.33. The minimum Gasteiger partial charge on any atom is -0.350 e. The number of imidazole rings is 1. The molecule has 3 heterocycles. The second-order valence-corrected chi connectivity index (χ2v) is 6.75. The summed E-state index contributed by atoms with van der Waals surface area (Å²) in [6, 6.07) is 6.38. The molecule has 0 bridgehead atoms. The molecule has 0 saturated carbocycles. The van der Waals surface area contributed by atoms with Crippen LogP contribution >= 0.6 is 0 Å². The lowest BCUT2D eigenvalue weighted by molar-refractivity contribution is 0.512. The van der Waals surface area contributed by atoms with Gasteiger partial charge in [-0.2, -0.15) is 0 Å². The van der Waals surface area contributed by atoms with E-state index in [2.05, 4.69) is 48.4 Å². The molecule has 1 atom stereocenters. The van der Waals surface area contributed by atoms with Crippen molar-refractivity contribution >= 4 is 11.5 Å². The average molecular weight is 286 g/mol. The number of hydrogen-bond acceptors (Lipinski definition) is 3. The summed E-state index contributed by atoms with van der Waals surface area (Å²) in [5, 5.41) is 0. The van der Waals surface area contributed by atoms with Crippen LogP contribution in [0, 0.1) is 0 Å². The molecule has 0 amide bonds. The van der Waals surface area contributed by atoms with Crippen molar-refractivity contribution in [3.8, 4) is 0 Å². The lowest BCUT2D eigenvalue weighted by atomic mass is 10.0. The van der Waals surface area contributed by atoms with E-state index < -0.39 is 0 Å². The first-order valence-electron chi connectivity index (χ1n) is 8.02. The molecule has 1 aliphatic rings. The fourth-order valence-corrected chi connectivity index (χ4v) is 3.33. The maximum atomic E-state index is 6.23. The molecule has 3 rings (SSSR count). The normalized spacial score (nSPS) is 19.3. The molecular formula is C17H26N4. The Morgan fingerprint density at radius 3 is 2.86 bits per heavy atom. The van der Waals surface area contributed by atoms with Gasteiger partial charge in [-0.3, -0.25) is 0 Å². The van der Waals surface area contributed by atoms with Gasteiger partial charge in [-0.1, -0.05) is 13.0 Å². The maximum Gasteiger partial charge on any atom is 0.151 e. The molecule has 4 nitrogen and oxygen atoms in total. The number of fused-ring (bicyclic) bond motifs is 1. The first-order chi connectivity index (χ1) is 10.0. The minimum atomic E-state index is 0.184. The monoisotopic (exact) mass is 286 g/mol. The second-order valence-electron chi connectivity index (χ2n) is 6.75. The number of aromatic nitrogens is 2.